The fourth-order valence-electron chi connectivity index (χ4n) is 3.92. The van der Waals surface area contributed by atoms with Crippen molar-refractivity contribution in [3.8, 4) is 0 Å². The maximum Gasteiger partial charge on any atom is 0.0235 e. The van der Waals surface area contributed by atoms with Crippen molar-refractivity contribution in [1.29, 1.82) is 0 Å². The number of nitrogens with one attached hydrogen (secondary N) is 1. The van der Waals surface area contributed by atoms with Crippen molar-refractivity contribution < 1.29 is 0 Å². The Kier molecular flexibility index (Phi) is 4.97. The third-order valence-corrected chi connectivity index (χ3v) is 5.18. The van der Waals surface area contributed by atoms with Gasteiger partial charge >= 0.3 is 0 Å². The second-order valence-corrected chi connectivity index (χ2v) is 7.18. The number of benzene rings is 1. The molecule has 0 amide bonds. The van der Waals surface area contributed by atoms with E-state index in [0.29, 0.717) is 11.5 Å². The first-order valence-corrected chi connectivity index (χ1v) is 8.79. The fraction of sp³-hybridized carbons (Fsp3) is 0.684. The molecule has 116 valence electrons. The maximum atomic E-state index is 3.76. The minimum absolute atomic E-state index is 0.618. The molecule has 1 atom stereocenters. The molecule has 1 aromatic rings. The van der Waals surface area contributed by atoms with Crippen molar-refractivity contribution in [2.75, 3.05) is 26.2 Å². The van der Waals surface area contributed by atoms with Crippen LogP contribution in [-0.4, -0.2) is 37.1 Å². The van der Waals surface area contributed by atoms with Crippen LogP contribution in [0.1, 0.15) is 44.6 Å². The lowest BCUT2D eigenvalue weighted by Gasteiger charge is -2.28. The minimum Gasteiger partial charge on any atom is -0.312 e. The van der Waals surface area contributed by atoms with Gasteiger partial charge in [-0.3, -0.25) is 0 Å². The summed E-state index contributed by atoms with van der Waals surface area (Å²) < 4.78 is 0. The van der Waals surface area contributed by atoms with Gasteiger partial charge in [0.25, 0.3) is 0 Å². The van der Waals surface area contributed by atoms with Crippen LogP contribution in [0, 0.1) is 5.41 Å². The Morgan fingerprint density at radius 1 is 1.24 bits per heavy atom. The van der Waals surface area contributed by atoms with Gasteiger partial charge in [-0.05, 0) is 56.2 Å². The van der Waals surface area contributed by atoms with Gasteiger partial charge in [-0.15, -0.1) is 0 Å². The van der Waals surface area contributed by atoms with Crippen LogP contribution in [0.25, 0.3) is 0 Å². The summed E-state index contributed by atoms with van der Waals surface area (Å²) in [5.74, 6) is 0. The first kappa shape index (κ1) is 15.1. The van der Waals surface area contributed by atoms with E-state index in [-0.39, 0.29) is 0 Å². The molecule has 1 unspecified atom stereocenters. The summed E-state index contributed by atoms with van der Waals surface area (Å²) in [6.07, 6.45) is 8.17. The normalized spacial score (nSPS) is 25.5. The molecular weight excluding hydrogens is 256 g/mol. The molecule has 2 fully saturated rings. The third-order valence-electron chi connectivity index (χ3n) is 5.18. The van der Waals surface area contributed by atoms with Crippen LogP contribution in [0.3, 0.4) is 0 Å². The topological polar surface area (TPSA) is 15.3 Å². The molecule has 1 N–H and O–H groups in total. The van der Waals surface area contributed by atoms with E-state index in [0.717, 1.165) is 6.42 Å². The molecule has 3 rings (SSSR count). The van der Waals surface area contributed by atoms with Crippen molar-refractivity contribution in [3.63, 3.8) is 0 Å². The molecule has 2 heteroatoms. The maximum absolute atomic E-state index is 3.76. The second-order valence-electron chi connectivity index (χ2n) is 7.18. The van der Waals surface area contributed by atoms with Gasteiger partial charge < -0.3 is 10.2 Å². The highest BCUT2D eigenvalue weighted by molar-refractivity contribution is 5.16. The summed E-state index contributed by atoms with van der Waals surface area (Å²) in [6, 6.07) is 11.6. The van der Waals surface area contributed by atoms with E-state index in [1.165, 1.54) is 63.8 Å². The average molecular weight is 286 g/mol. The minimum atomic E-state index is 0.618. The SMILES string of the molecule is CCCC1(CN2CCCNC(Cc3ccccc3)C2)CC1. The van der Waals surface area contributed by atoms with E-state index in [1.54, 1.807) is 0 Å². The zero-order valence-corrected chi connectivity index (χ0v) is 13.5. The number of hydrogen-bond acceptors (Lipinski definition) is 2. The monoisotopic (exact) mass is 286 g/mol. The van der Waals surface area contributed by atoms with Gasteiger partial charge in [0.15, 0.2) is 0 Å². The number of nitrogens with zero attached hydrogens (tertiary/aromatic N) is 1. The van der Waals surface area contributed by atoms with Gasteiger partial charge in [-0.1, -0.05) is 43.7 Å². The summed E-state index contributed by atoms with van der Waals surface area (Å²) in [5.41, 5.74) is 2.16. The van der Waals surface area contributed by atoms with Crippen LogP contribution < -0.4 is 5.32 Å². The molecule has 1 aliphatic carbocycles. The van der Waals surface area contributed by atoms with Gasteiger partial charge in [-0.2, -0.15) is 0 Å². The van der Waals surface area contributed by atoms with Crippen LogP contribution in [0.4, 0.5) is 0 Å². The predicted octanol–water partition coefficient (Wildman–Crippen LogP) is 3.47. The van der Waals surface area contributed by atoms with Gasteiger partial charge in [0.1, 0.15) is 0 Å². The van der Waals surface area contributed by atoms with Crippen molar-refractivity contribution in [3.05, 3.63) is 35.9 Å². The van der Waals surface area contributed by atoms with Crippen LogP contribution in [0.15, 0.2) is 30.3 Å². The van der Waals surface area contributed by atoms with Crippen LogP contribution in [-0.2, 0) is 6.42 Å². The second kappa shape index (κ2) is 6.93. The van der Waals surface area contributed by atoms with Gasteiger partial charge in [0, 0.05) is 19.1 Å². The zero-order chi connectivity index (χ0) is 14.5. The van der Waals surface area contributed by atoms with Crippen LogP contribution in [0.2, 0.25) is 0 Å². The molecule has 0 bridgehead atoms. The standard InChI is InChI=1S/C19H30N2/c1-2-9-19(10-11-19)16-21-13-6-12-20-18(15-21)14-17-7-4-3-5-8-17/h3-5,7-8,18,20H,2,6,9-16H2,1H3. The lowest BCUT2D eigenvalue weighted by molar-refractivity contribution is 0.207. The highest BCUT2D eigenvalue weighted by Gasteiger charge is 2.42. The van der Waals surface area contributed by atoms with Crippen molar-refractivity contribution in [2.45, 2.75) is 51.5 Å². The summed E-state index contributed by atoms with van der Waals surface area (Å²) in [6.45, 7) is 7.36. The van der Waals surface area contributed by atoms with E-state index in [2.05, 4.69) is 47.5 Å². The van der Waals surface area contributed by atoms with Crippen molar-refractivity contribution >= 4 is 0 Å². The lowest BCUT2D eigenvalue weighted by Crippen LogP contribution is -2.41. The molecule has 1 aromatic carbocycles. The summed E-state index contributed by atoms with van der Waals surface area (Å²) >= 11 is 0. The number of hydrogen-bond donors (Lipinski definition) is 1. The summed E-state index contributed by atoms with van der Waals surface area (Å²) in [4.78, 5) is 2.75. The van der Waals surface area contributed by atoms with E-state index in [1.807, 2.05) is 0 Å². The Morgan fingerprint density at radius 3 is 2.76 bits per heavy atom. The smallest absolute Gasteiger partial charge is 0.0235 e. The quantitative estimate of drug-likeness (QED) is 0.861. The average Bonchev–Trinajstić information content (AvgIpc) is 3.26. The molecular formula is C19H30N2. The molecule has 21 heavy (non-hydrogen) atoms. The molecule has 2 aliphatic rings. The Labute approximate surface area is 129 Å². The molecule has 2 nitrogen and oxygen atoms in total. The summed E-state index contributed by atoms with van der Waals surface area (Å²) in [5, 5.41) is 3.76. The molecule has 1 saturated carbocycles. The molecule has 1 aliphatic heterocycles. The number of rotatable bonds is 6. The fourth-order valence-corrected chi connectivity index (χ4v) is 3.92. The predicted molar refractivity (Wildman–Crippen MR) is 89.6 cm³/mol. The van der Waals surface area contributed by atoms with Crippen molar-refractivity contribution in [1.82, 2.24) is 10.2 Å². The van der Waals surface area contributed by atoms with Gasteiger partial charge in [-0.25, -0.2) is 0 Å². The van der Waals surface area contributed by atoms with E-state index < -0.39 is 0 Å². The first-order valence-electron chi connectivity index (χ1n) is 8.79. The Bertz CT molecular complexity index is 424. The largest absolute Gasteiger partial charge is 0.312 e. The molecule has 1 saturated heterocycles. The molecule has 0 spiro atoms. The highest BCUT2D eigenvalue weighted by atomic mass is 15.2. The van der Waals surface area contributed by atoms with Gasteiger partial charge in [0.2, 0.25) is 0 Å². The van der Waals surface area contributed by atoms with E-state index in [9.17, 15) is 0 Å². The molecule has 0 radical (unpaired) electrons. The van der Waals surface area contributed by atoms with Crippen LogP contribution >= 0.6 is 0 Å². The molecule has 1 heterocycles. The Morgan fingerprint density at radius 2 is 2.05 bits per heavy atom. The molecule has 0 aromatic heterocycles. The lowest BCUT2D eigenvalue weighted by atomic mass is 9.99. The van der Waals surface area contributed by atoms with Gasteiger partial charge in [0.05, 0.1) is 0 Å². The third kappa shape index (κ3) is 4.31. The van der Waals surface area contributed by atoms with Crippen LogP contribution in [0.5, 0.6) is 0 Å². The van der Waals surface area contributed by atoms with E-state index >= 15 is 0 Å². The first-order chi connectivity index (χ1) is 10.3. The summed E-state index contributed by atoms with van der Waals surface area (Å²) in [7, 11) is 0. The van der Waals surface area contributed by atoms with E-state index in [4.69, 9.17) is 0 Å². The zero-order valence-electron chi connectivity index (χ0n) is 13.5. The highest BCUT2D eigenvalue weighted by Crippen LogP contribution is 2.50. The van der Waals surface area contributed by atoms with Crippen molar-refractivity contribution in [2.24, 2.45) is 5.41 Å². The Balaban J connectivity index is 1.56. The Hall–Kier alpha value is -0.860.